The Balaban J connectivity index is 2.03. The first-order chi connectivity index (χ1) is 7.18. The van der Waals surface area contributed by atoms with Crippen molar-refractivity contribution in [3.05, 3.63) is 17.5 Å². The normalized spacial score (nSPS) is 19.7. The smallest absolute Gasteiger partial charge is 0.160 e. The Morgan fingerprint density at radius 1 is 1.60 bits per heavy atom. The molecule has 0 spiro atoms. The minimum absolute atomic E-state index is 0.283. The van der Waals surface area contributed by atoms with Crippen molar-refractivity contribution in [2.75, 3.05) is 13.2 Å². The summed E-state index contributed by atoms with van der Waals surface area (Å²) in [6.45, 7) is 3.16. The SMILES string of the molecule is Cc1cnn(C)c1C(O)CC1OCCO1. The molecule has 1 unspecified atom stereocenters. The fourth-order valence-electron chi connectivity index (χ4n) is 1.87. The van der Waals surface area contributed by atoms with Crippen LogP contribution in [0.1, 0.15) is 23.8 Å². The van der Waals surface area contributed by atoms with Crippen LogP contribution in [0, 0.1) is 6.92 Å². The lowest BCUT2D eigenvalue weighted by atomic mass is 10.1. The average Bonchev–Trinajstić information content (AvgIpc) is 2.77. The van der Waals surface area contributed by atoms with E-state index in [0.717, 1.165) is 11.3 Å². The molecule has 1 saturated heterocycles. The van der Waals surface area contributed by atoms with Gasteiger partial charge in [0.05, 0.1) is 25.1 Å². The Labute approximate surface area is 88.6 Å². The summed E-state index contributed by atoms with van der Waals surface area (Å²) in [5.74, 6) is 0. The Bertz CT molecular complexity index is 312. The van der Waals surface area contributed by atoms with Crippen LogP contribution in [0.2, 0.25) is 0 Å². The quantitative estimate of drug-likeness (QED) is 0.793. The van der Waals surface area contributed by atoms with E-state index >= 15 is 0 Å². The Kier molecular flexibility index (Phi) is 3.04. The van der Waals surface area contributed by atoms with Gasteiger partial charge in [0.25, 0.3) is 0 Å². The van der Waals surface area contributed by atoms with Crippen molar-refractivity contribution in [1.29, 1.82) is 0 Å². The van der Waals surface area contributed by atoms with E-state index in [1.807, 2.05) is 14.0 Å². The molecule has 15 heavy (non-hydrogen) atoms. The van der Waals surface area contributed by atoms with Crippen molar-refractivity contribution >= 4 is 0 Å². The molecule has 0 saturated carbocycles. The summed E-state index contributed by atoms with van der Waals surface area (Å²) in [5.41, 5.74) is 1.82. The zero-order chi connectivity index (χ0) is 10.8. The zero-order valence-corrected chi connectivity index (χ0v) is 9.01. The molecule has 1 aliphatic heterocycles. The molecule has 0 bridgehead atoms. The second kappa shape index (κ2) is 4.30. The summed E-state index contributed by atoms with van der Waals surface area (Å²) in [5, 5.41) is 14.1. The highest BCUT2D eigenvalue weighted by atomic mass is 16.7. The molecule has 2 heterocycles. The molecule has 0 aromatic carbocycles. The molecule has 0 aliphatic carbocycles. The molecule has 1 fully saturated rings. The van der Waals surface area contributed by atoms with Gasteiger partial charge in [-0.25, -0.2) is 0 Å². The number of aliphatic hydroxyl groups excluding tert-OH is 1. The van der Waals surface area contributed by atoms with E-state index in [9.17, 15) is 5.11 Å². The van der Waals surface area contributed by atoms with Crippen LogP contribution >= 0.6 is 0 Å². The first kappa shape index (κ1) is 10.6. The van der Waals surface area contributed by atoms with Gasteiger partial charge in [0.1, 0.15) is 6.10 Å². The van der Waals surface area contributed by atoms with Gasteiger partial charge >= 0.3 is 0 Å². The van der Waals surface area contributed by atoms with E-state index in [4.69, 9.17) is 9.47 Å². The summed E-state index contributed by atoms with van der Waals surface area (Å²) in [6, 6.07) is 0. The lowest BCUT2D eigenvalue weighted by molar-refractivity contribution is -0.0719. The Hall–Kier alpha value is -0.910. The lowest BCUT2D eigenvalue weighted by Crippen LogP contribution is -2.16. The molecule has 5 nitrogen and oxygen atoms in total. The number of aryl methyl sites for hydroxylation is 2. The van der Waals surface area contributed by atoms with Gasteiger partial charge in [-0.05, 0) is 12.5 Å². The largest absolute Gasteiger partial charge is 0.387 e. The monoisotopic (exact) mass is 212 g/mol. The highest BCUT2D eigenvalue weighted by molar-refractivity contribution is 5.17. The van der Waals surface area contributed by atoms with Crippen molar-refractivity contribution in [3.8, 4) is 0 Å². The summed E-state index contributed by atoms with van der Waals surface area (Å²) in [7, 11) is 1.82. The van der Waals surface area contributed by atoms with Crippen LogP contribution in [0.15, 0.2) is 6.20 Å². The fourth-order valence-corrected chi connectivity index (χ4v) is 1.87. The van der Waals surface area contributed by atoms with E-state index < -0.39 is 6.10 Å². The summed E-state index contributed by atoms with van der Waals surface area (Å²) in [4.78, 5) is 0. The number of aliphatic hydroxyl groups is 1. The summed E-state index contributed by atoms with van der Waals surface area (Å²) in [6.07, 6.45) is 1.34. The van der Waals surface area contributed by atoms with Crippen LogP contribution in [0.3, 0.4) is 0 Å². The molecule has 1 N–H and O–H groups in total. The number of aromatic nitrogens is 2. The van der Waals surface area contributed by atoms with Gasteiger partial charge in [-0.1, -0.05) is 0 Å². The van der Waals surface area contributed by atoms with Gasteiger partial charge in [-0.15, -0.1) is 0 Å². The molecule has 0 radical (unpaired) electrons. The minimum Gasteiger partial charge on any atom is -0.387 e. The number of hydrogen-bond acceptors (Lipinski definition) is 4. The Morgan fingerprint density at radius 3 is 2.80 bits per heavy atom. The maximum absolute atomic E-state index is 10.0. The third-order valence-corrected chi connectivity index (χ3v) is 2.60. The second-order valence-electron chi connectivity index (χ2n) is 3.76. The van der Waals surface area contributed by atoms with E-state index in [0.29, 0.717) is 19.6 Å². The van der Waals surface area contributed by atoms with Crippen molar-refractivity contribution < 1.29 is 14.6 Å². The predicted octanol–water partition coefficient (Wildman–Crippen LogP) is 0.525. The van der Waals surface area contributed by atoms with Gasteiger partial charge in [-0.3, -0.25) is 4.68 Å². The van der Waals surface area contributed by atoms with Crippen LogP contribution < -0.4 is 0 Å². The molecule has 1 aliphatic rings. The molecule has 5 heteroatoms. The van der Waals surface area contributed by atoms with Crippen LogP contribution in [0.4, 0.5) is 0 Å². The fraction of sp³-hybridized carbons (Fsp3) is 0.700. The number of rotatable bonds is 3. The number of nitrogens with zero attached hydrogens (tertiary/aromatic N) is 2. The minimum atomic E-state index is -0.583. The highest BCUT2D eigenvalue weighted by Gasteiger charge is 2.23. The van der Waals surface area contributed by atoms with Crippen molar-refractivity contribution in [2.24, 2.45) is 7.05 Å². The molecule has 1 aromatic heterocycles. The van der Waals surface area contributed by atoms with Crippen LogP contribution in [0.5, 0.6) is 0 Å². The first-order valence-corrected chi connectivity index (χ1v) is 5.08. The van der Waals surface area contributed by atoms with E-state index in [-0.39, 0.29) is 6.29 Å². The van der Waals surface area contributed by atoms with Crippen LogP contribution in [-0.4, -0.2) is 34.4 Å². The van der Waals surface area contributed by atoms with Crippen molar-refractivity contribution in [3.63, 3.8) is 0 Å². The maximum atomic E-state index is 10.0. The van der Waals surface area contributed by atoms with E-state index in [1.165, 1.54) is 0 Å². The highest BCUT2D eigenvalue weighted by Crippen LogP contribution is 2.23. The zero-order valence-electron chi connectivity index (χ0n) is 9.01. The molecule has 1 aromatic rings. The van der Waals surface area contributed by atoms with Crippen molar-refractivity contribution in [1.82, 2.24) is 9.78 Å². The molecule has 1 atom stereocenters. The van der Waals surface area contributed by atoms with Crippen LogP contribution in [-0.2, 0) is 16.5 Å². The second-order valence-corrected chi connectivity index (χ2v) is 3.76. The molecule has 0 amide bonds. The third-order valence-electron chi connectivity index (χ3n) is 2.60. The van der Waals surface area contributed by atoms with Gasteiger partial charge in [0, 0.05) is 13.5 Å². The topological polar surface area (TPSA) is 56.5 Å². The van der Waals surface area contributed by atoms with E-state index in [1.54, 1.807) is 10.9 Å². The van der Waals surface area contributed by atoms with Gasteiger partial charge < -0.3 is 14.6 Å². The molecule has 84 valence electrons. The standard InChI is InChI=1S/C10H16N2O3/c1-7-6-11-12(2)10(7)8(13)5-9-14-3-4-15-9/h6,8-9,13H,3-5H2,1-2H3. The first-order valence-electron chi connectivity index (χ1n) is 5.08. The summed E-state index contributed by atoms with van der Waals surface area (Å²) < 4.78 is 12.3. The van der Waals surface area contributed by atoms with Gasteiger partial charge in [-0.2, -0.15) is 5.10 Å². The molecule has 2 rings (SSSR count). The van der Waals surface area contributed by atoms with Crippen molar-refractivity contribution in [2.45, 2.75) is 25.7 Å². The van der Waals surface area contributed by atoms with Gasteiger partial charge in [0.15, 0.2) is 6.29 Å². The predicted molar refractivity (Wildman–Crippen MR) is 53.2 cm³/mol. The molecular formula is C10H16N2O3. The summed E-state index contributed by atoms with van der Waals surface area (Å²) >= 11 is 0. The Morgan fingerprint density at radius 2 is 2.27 bits per heavy atom. The average molecular weight is 212 g/mol. The van der Waals surface area contributed by atoms with Crippen LogP contribution in [0.25, 0.3) is 0 Å². The van der Waals surface area contributed by atoms with Gasteiger partial charge in [0.2, 0.25) is 0 Å². The van der Waals surface area contributed by atoms with E-state index in [2.05, 4.69) is 5.10 Å². The molecular weight excluding hydrogens is 196 g/mol. The lowest BCUT2D eigenvalue weighted by Gasteiger charge is -2.15. The third kappa shape index (κ3) is 2.19. The number of hydrogen-bond donors (Lipinski definition) is 1. The number of ether oxygens (including phenoxy) is 2. The maximum Gasteiger partial charge on any atom is 0.160 e.